The minimum atomic E-state index is -0.643. The largest absolute Gasteiger partial charge is 0.369 e. The molecule has 0 radical (unpaired) electrons. The van der Waals surface area contributed by atoms with E-state index in [1.165, 1.54) is 9.60 Å². The topological polar surface area (TPSA) is 71.6 Å². The van der Waals surface area contributed by atoms with Gasteiger partial charge in [-0.15, -0.1) is 11.3 Å². The van der Waals surface area contributed by atoms with E-state index < -0.39 is 5.54 Å². The molecular formula is C19H18N4OS. The molecule has 1 aliphatic rings. The second-order valence-corrected chi connectivity index (χ2v) is 7.39. The van der Waals surface area contributed by atoms with E-state index in [-0.39, 0.29) is 11.9 Å². The summed E-state index contributed by atoms with van der Waals surface area (Å²) in [6.07, 6.45) is 3.94. The summed E-state index contributed by atoms with van der Waals surface area (Å²) in [5, 5.41) is 3.29. The lowest BCUT2D eigenvalue weighted by Crippen LogP contribution is -2.47. The van der Waals surface area contributed by atoms with Crippen LogP contribution in [-0.4, -0.2) is 28.8 Å². The van der Waals surface area contributed by atoms with Crippen LogP contribution in [0.5, 0.6) is 0 Å². The lowest BCUT2D eigenvalue weighted by atomic mass is 9.86. The molecule has 0 unspecified atom stereocenters. The Bertz CT molecular complexity index is 995. The lowest BCUT2D eigenvalue weighted by Gasteiger charge is -2.33. The van der Waals surface area contributed by atoms with Gasteiger partial charge < -0.3 is 5.73 Å². The third-order valence-electron chi connectivity index (χ3n) is 4.74. The van der Waals surface area contributed by atoms with Gasteiger partial charge in [0.1, 0.15) is 0 Å². The lowest BCUT2D eigenvalue weighted by molar-refractivity contribution is -0.128. The number of hydrogen-bond acceptors (Lipinski definition) is 5. The molecule has 1 atom stereocenters. The highest BCUT2D eigenvalue weighted by molar-refractivity contribution is 7.17. The van der Waals surface area contributed by atoms with Crippen molar-refractivity contribution in [2.45, 2.75) is 18.9 Å². The molecule has 0 bridgehead atoms. The summed E-state index contributed by atoms with van der Waals surface area (Å²) in [6, 6.07) is 10.3. The Kier molecular flexibility index (Phi) is 3.58. The van der Waals surface area contributed by atoms with Crippen molar-refractivity contribution in [1.29, 1.82) is 0 Å². The maximum atomic E-state index is 12.3. The van der Waals surface area contributed by atoms with Gasteiger partial charge in [-0.1, -0.05) is 12.1 Å². The van der Waals surface area contributed by atoms with Gasteiger partial charge in [0.25, 0.3) is 0 Å². The number of benzene rings is 1. The first-order valence-corrected chi connectivity index (χ1v) is 8.90. The van der Waals surface area contributed by atoms with Crippen LogP contribution in [0.3, 0.4) is 0 Å². The SMILES string of the molecule is CN1C(=O)C[C@@](C)(c2ccc3scc(-c4cccnc4)c3c2)N=C1N. The van der Waals surface area contributed by atoms with Gasteiger partial charge in [-0.2, -0.15) is 0 Å². The second-order valence-electron chi connectivity index (χ2n) is 6.48. The van der Waals surface area contributed by atoms with Crippen LogP contribution in [0.2, 0.25) is 0 Å². The third-order valence-corrected chi connectivity index (χ3v) is 5.71. The number of nitrogens with two attached hydrogens (primary N) is 1. The smallest absolute Gasteiger partial charge is 0.231 e. The van der Waals surface area contributed by atoms with Crippen LogP contribution in [0, 0.1) is 0 Å². The van der Waals surface area contributed by atoms with E-state index in [4.69, 9.17) is 5.73 Å². The Labute approximate surface area is 149 Å². The zero-order valence-corrected chi connectivity index (χ0v) is 14.9. The summed E-state index contributed by atoms with van der Waals surface area (Å²) in [6.45, 7) is 1.96. The number of carbonyl (C=O) groups excluding carboxylic acids is 1. The van der Waals surface area contributed by atoms with Gasteiger partial charge in [0, 0.05) is 40.7 Å². The minimum Gasteiger partial charge on any atom is -0.369 e. The summed E-state index contributed by atoms with van der Waals surface area (Å²) >= 11 is 1.70. The highest BCUT2D eigenvalue weighted by Gasteiger charge is 2.36. The molecule has 2 N–H and O–H groups in total. The molecule has 6 heteroatoms. The normalized spacial score (nSPS) is 20.8. The van der Waals surface area contributed by atoms with Crippen molar-refractivity contribution in [3.05, 3.63) is 53.7 Å². The molecule has 1 amide bonds. The molecule has 4 rings (SSSR count). The molecule has 3 heterocycles. The number of hydrogen-bond donors (Lipinski definition) is 1. The molecule has 0 aliphatic carbocycles. The van der Waals surface area contributed by atoms with Gasteiger partial charge >= 0.3 is 0 Å². The van der Waals surface area contributed by atoms with E-state index in [1.54, 1.807) is 24.6 Å². The molecular weight excluding hydrogens is 332 g/mol. The van der Waals surface area contributed by atoms with Crippen LogP contribution < -0.4 is 5.73 Å². The number of thiophene rings is 1. The fourth-order valence-electron chi connectivity index (χ4n) is 3.18. The van der Waals surface area contributed by atoms with Gasteiger partial charge in [-0.25, -0.2) is 4.99 Å². The number of fused-ring (bicyclic) bond motifs is 1. The first-order valence-electron chi connectivity index (χ1n) is 8.02. The molecule has 0 fully saturated rings. The molecule has 0 saturated carbocycles. The van der Waals surface area contributed by atoms with E-state index in [0.717, 1.165) is 22.1 Å². The van der Waals surface area contributed by atoms with Crippen LogP contribution in [-0.2, 0) is 10.3 Å². The van der Waals surface area contributed by atoms with Crippen molar-refractivity contribution >= 4 is 33.3 Å². The Hall–Kier alpha value is -2.73. The van der Waals surface area contributed by atoms with Crippen LogP contribution in [0.25, 0.3) is 21.2 Å². The van der Waals surface area contributed by atoms with E-state index in [2.05, 4.69) is 33.6 Å². The zero-order chi connectivity index (χ0) is 17.6. The molecule has 126 valence electrons. The number of amides is 1. The first kappa shape index (κ1) is 15.8. The first-order chi connectivity index (χ1) is 12.0. The quantitative estimate of drug-likeness (QED) is 0.770. The Morgan fingerprint density at radius 3 is 2.88 bits per heavy atom. The number of guanidine groups is 1. The van der Waals surface area contributed by atoms with Gasteiger partial charge in [0.2, 0.25) is 5.91 Å². The summed E-state index contributed by atoms with van der Waals surface area (Å²) in [5.74, 6) is 0.240. The number of rotatable bonds is 2. The van der Waals surface area contributed by atoms with Crippen LogP contribution in [0.15, 0.2) is 53.1 Å². The van der Waals surface area contributed by atoms with Gasteiger partial charge in [-0.3, -0.25) is 14.7 Å². The van der Waals surface area contributed by atoms with Crippen molar-refractivity contribution in [3.63, 3.8) is 0 Å². The third kappa shape index (κ3) is 2.59. The summed E-state index contributed by atoms with van der Waals surface area (Å²) in [7, 11) is 1.66. The minimum absolute atomic E-state index is 0.0205. The number of aliphatic imine (C=N–C) groups is 1. The monoisotopic (exact) mass is 350 g/mol. The molecule has 25 heavy (non-hydrogen) atoms. The van der Waals surface area contributed by atoms with E-state index in [0.29, 0.717) is 6.42 Å². The van der Waals surface area contributed by atoms with Crippen molar-refractivity contribution in [2.24, 2.45) is 10.7 Å². The highest BCUT2D eigenvalue weighted by atomic mass is 32.1. The Morgan fingerprint density at radius 1 is 1.32 bits per heavy atom. The Balaban J connectivity index is 1.86. The molecule has 0 saturated heterocycles. The van der Waals surface area contributed by atoms with Crippen molar-refractivity contribution in [2.75, 3.05) is 7.05 Å². The molecule has 3 aromatic rings. The van der Waals surface area contributed by atoms with Gasteiger partial charge in [-0.05, 0) is 36.1 Å². The number of carbonyl (C=O) groups is 1. The second kappa shape index (κ2) is 5.67. The fourth-order valence-corrected chi connectivity index (χ4v) is 4.13. The number of aromatic nitrogens is 1. The molecule has 5 nitrogen and oxygen atoms in total. The average molecular weight is 350 g/mol. The van der Waals surface area contributed by atoms with Crippen molar-refractivity contribution in [1.82, 2.24) is 9.88 Å². The Morgan fingerprint density at radius 2 is 2.16 bits per heavy atom. The molecule has 0 spiro atoms. The zero-order valence-electron chi connectivity index (χ0n) is 14.1. The highest BCUT2D eigenvalue weighted by Crippen LogP contribution is 2.39. The molecule has 1 aliphatic heterocycles. The standard InChI is InChI=1S/C19H18N4OS/c1-19(9-17(24)23(2)18(20)22-19)13-5-6-16-14(8-13)15(11-25-16)12-4-3-7-21-10-12/h3-8,10-11H,9H2,1-2H3,(H2,20,22)/t19-/m0/s1. The fraction of sp³-hybridized carbons (Fsp3) is 0.211. The van der Waals surface area contributed by atoms with Crippen LogP contribution >= 0.6 is 11.3 Å². The molecule has 1 aromatic carbocycles. The molecule has 2 aromatic heterocycles. The van der Waals surface area contributed by atoms with Gasteiger partial charge in [0.05, 0.1) is 12.0 Å². The predicted octanol–water partition coefficient (Wildman–Crippen LogP) is 3.36. The summed E-state index contributed by atoms with van der Waals surface area (Å²) in [5.41, 5.74) is 8.52. The maximum Gasteiger partial charge on any atom is 0.231 e. The van der Waals surface area contributed by atoms with E-state index in [9.17, 15) is 4.79 Å². The van der Waals surface area contributed by atoms with Crippen molar-refractivity contribution < 1.29 is 4.79 Å². The van der Waals surface area contributed by atoms with E-state index >= 15 is 0 Å². The number of pyridine rings is 1. The predicted molar refractivity (Wildman–Crippen MR) is 101 cm³/mol. The summed E-state index contributed by atoms with van der Waals surface area (Å²) < 4.78 is 1.20. The van der Waals surface area contributed by atoms with Crippen molar-refractivity contribution in [3.8, 4) is 11.1 Å². The number of nitrogens with zero attached hydrogens (tertiary/aromatic N) is 3. The maximum absolute atomic E-state index is 12.3. The van der Waals surface area contributed by atoms with Gasteiger partial charge in [0.15, 0.2) is 5.96 Å². The van der Waals surface area contributed by atoms with Crippen LogP contribution in [0.4, 0.5) is 0 Å². The summed E-state index contributed by atoms with van der Waals surface area (Å²) in [4.78, 5) is 22.5. The van der Waals surface area contributed by atoms with E-state index in [1.807, 2.05) is 25.3 Å². The van der Waals surface area contributed by atoms with Crippen LogP contribution in [0.1, 0.15) is 18.9 Å². The average Bonchev–Trinajstić information content (AvgIpc) is 3.03.